The molecule has 0 heterocycles. The average Bonchev–Trinajstić information content (AvgIpc) is 2.99. The molecule has 2 N–H and O–H groups in total. The molecule has 0 saturated heterocycles. The first-order chi connectivity index (χ1) is 6.78. The Morgan fingerprint density at radius 1 is 1.14 bits per heavy atom. The largest absolute Gasteiger partial charge is 0.327 e. The van der Waals surface area contributed by atoms with Crippen molar-refractivity contribution in [3.63, 3.8) is 0 Å². The Labute approximate surface area is 87.8 Å². The Morgan fingerprint density at radius 3 is 2.00 bits per heavy atom. The van der Waals surface area contributed by atoms with Gasteiger partial charge < -0.3 is 10.6 Å². The maximum absolute atomic E-state index is 6.02. The molecule has 0 aromatic carbocycles. The molecule has 2 fully saturated rings. The average molecular weight is 196 g/mol. The summed E-state index contributed by atoms with van der Waals surface area (Å²) < 4.78 is 0. The lowest BCUT2D eigenvalue weighted by molar-refractivity contribution is 0.235. The van der Waals surface area contributed by atoms with Gasteiger partial charge in [0.25, 0.3) is 0 Å². The van der Waals surface area contributed by atoms with Gasteiger partial charge in [0.15, 0.2) is 0 Å². The summed E-state index contributed by atoms with van der Waals surface area (Å²) in [6.45, 7) is 5.97. The van der Waals surface area contributed by atoms with E-state index in [1.807, 2.05) is 0 Å². The van der Waals surface area contributed by atoms with Crippen LogP contribution in [-0.2, 0) is 0 Å². The minimum atomic E-state index is 0.396. The minimum Gasteiger partial charge on any atom is -0.327 e. The highest BCUT2D eigenvalue weighted by Gasteiger charge is 2.29. The normalized spacial score (nSPS) is 24.2. The molecular weight excluding hydrogens is 172 g/mol. The van der Waals surface area contributed by atoms with E-state index >= 15 is 0 Å². The standard InChI is InChI=1S/C12H24N2/c1-2-12(13)9-14(7-10-3-4-10)8-11-5-6-11/h10-12H,2-9,13H2,1H3. The first-order valence-corrected chi connectivity index (χ1v) is 6.26. The molecule has 2 aliphatic rings. The van der Waals surface area contributed by atoms with Crippen LogP contribution in [-0.4, -0.2) is 30.6 Å². The Hall–Kier alpha value is -0.0800. The third kappa shape index (κ3) is 3.58. The molecule has 2 rings (SSSR count). The molecule has 0 radical (unpaired) electrons. The fourth-order valence-electron chi connectivity index (χ4n) is 2.02. The van der Waals surface area contributed by atoms with Gasteiger partial charge >= 0.3 is 0 Å². The fraction of sp³-hybridized carbons (Fsp3) is 1.00. The molecule has 2 aliphatic carbocycles. The maximum Gasteiger partial charge on any atom is 0.0165 e. The van der Waals surface area contributed by atoms with Crippen LogP contribution in [0.2, 0.25) is 0 Å². The molecule has 0 bridgehead atoms. The first-order valence-electron chi connectivity index (χ1n) is 6.26. The van der Waals surface area contributed by atoms with Crippen molar-refractivity contribution in [3.05, 3.63) is 0 Å². The Kier molecular flexibility index (Phi) is 3.45. The van der Waals surface area contributed by atoms with Gasteiger partial charge in [0.1, 0.15) is 0 Å². The van der Waals surface area contributed by atoms with Crippen molar-refractivity contribution in [1.82, 2.24) is 4.90 Å². The zero-order valence-corrected chi connectivity index (χ0v) is 9.41. The van der Waals surface area contributed by atoms with Gasteiger partial charge in [-0.05, 0) is 43.9 Å². The lowest BCUT2D eigenvalue weighted by Gasteiger charge is -2.25. The Balaban J connectivity index is 1.71. The summed E-state index contributed by atoms with van der Waals surface area (Å²) in [5, 5.41) is 0. The van der Waals surface area contributed by atoms with E-state index in [4.69, 9.17) is 5.73 Å². The van der Waals surface area contributed by atoms with E-state index in [9.17, 15) is 0 Å². The van der Waals surface area contributed by atoms with Crippen LogP contribution in [0.5, 0.6) is 0 Å². The zero-order chi connectivity index (χ0) is 9.97. The first kappa shape index (κ1) is 10.4. The predicted octanol–water partition coefficient (Wildman–Crippen LogP) is 1.85. The Bertz CT molecular complexity index is 159. The summed E-state index contributed by atoms with van der Waals surface area (Å²) in [7, 11) is 0. The van der Waals surface area contributed by atoms with Crippen LogP contribution in [0.15, 0.2) is 0 Å². The summed E-state index contributed by atoms with van der Waals surface area (Å²) in [6.07, 6.45) is 6.96. The van der Waals surface area contributed by atoms with Gasteiger partial charge in [0.2, 0.25) is 0 Å². The molecule has 2 nitrogen and oxygen atoms in total. The van der Waals surface area contributed by atoms with Gasteiger partial charge in [-0.15, -0.1) is 0 Å². The summed E-state index contributed by atoms with van der Waals surface area (Å²) in [5.41, 5.74) is 6.02. The van der Waals surface area contributed by atoms with Crippen LogP contribution in [0.3, 0.4) is 0 Å². The van der Waals surface area contributed by atoms with Crippen molar-refractivity contribution in [2.45, 2.75) is 45.1 Å². The van der Waals surface area contributed by atoms with Crippen LogP contribution < -0.4 is 5.73 Å². The summed E-state index contributed by atoms with van der Waals surface area (Å²) in [4.78, 5) is 2.63. The lowest BCUT2D eigenvalue weighted by atomic mass is 10.2. The number of nitrogens with zero attached hydrogens (tertiary/aromatic N) is 1. The Morgan fingerprint density at radius 2 is 1.64 bits per heavy atom. The SMILES string of the molecule is CCC(N)CN(CC1CC1)CC1CC1. The zero-order valence-electron chi connectivity index (χ0n) is 9.41. The van der Waals surface area contributed by atoms with Crippen molar-refractivity contribution in [2.24, 2.45) is 17.6 Å². The van der Waals surface area contributed by atoms with Crippen molar-refractivity contribution < 1.29 is 0 Å². The van der Waals surface area contributed by atoms with Gasteiger partial charge in [0, 0.05) is 25.7 Å². The molecule has 0 aromatic heterocycles. The molecule has 82 valence electrons. The molecule has 0 amide bonds. The molecule has 0 spiro atoms. The van der Waals surface area contributed by atoms with Crippen molar-refractivity contribution in [2.75, 3.05) is 19.6 Å². The van der Waals surface area contributed by atoms with Gasteiger partial charge in [-0.2, -0.15) is 0 Å². The molecule has 1 unspecified atom stereocenters. The topological polar surface area (TPSA) is 29.3 Å². The molecular formula is C12H24N2. The smallest absolute Gasteiger partial charge is 0.0165 e. The molecule has 0 aliphatic heterocycles. The van der Waals surface area contributed by atoms with E-state index in [0.717, 1.165) is 24.8 Å². The number of nitrogens with two attached hydrogens (primary N) is 1. The second-order valence-corrected chi connectivity index (χ2v) is 5.27. The van der Waals surface area contributed by atoms with E-state index in [-0.39, 0.29) is 0 Å². The molecule has 1 atom stereocenters. The van der Waals surface area contributed by atoms with E-state index in [0.29, 0.717) is 6.04 Å². The summed E-state index contributed by atoms with van der Waals surface area (Å²) in [5.74, 6) is 2.02. The molecule has 0 aromatic rings. The van der Waals surface area contributed by atoms with Gasteiger partial charge in [-0.1, -0.05) is 6.92 Å². The van der Waals surface area contributed by atoms with Crippen LogP contribution in [0.25, 0.3) is 0 Å². The van der Waals surface area contributed by atoms with Crippen molar-refractivity contribution in [1.29, 1.82) is 0 Å². The van der Waals surface area contributed by atoms with Crippen molar-refractivity contribution in [3.8, 4) is 0 Å². The third-order valence-corrected chi connectivity index (χ3v) is 3.44. The summed E-state index contributed by atoms with van der Waals surface area (Å²) in [6, 6.07) is 0.396. The van der Waals surface area contributed by atoms with E-state index in [1.54, 1.807) is 0 Å². The quantitative estimate of drug-likeness (QED) is 0.673. The van der Waals surface area contributed by atoms with Gasteiger partial charge in [-0.25, -0.2) is 0 Å². The molecule has 2 heteroatoms. The third-order valence-electron chi connectivity index (χ3n) is 3.44. The second kappa shape index (κ2) is 4.63. The minimum absolute atomic E-state index is 0.396. The number of rotatable bonds is 7. The molecule has 14 heavy (non-hydrogen) atoms. The number of hydrogen-bond donors (Lipinski definition) is 1. The fourth-order valence-corrected chi connectivity index (χ4v) is 2.02. The van der Waals surface area contributed by atoms with Crippen LogP contribution in [0.4, 0.5) is 0 Å². The van der Waals surface area contributed by atoms with Crippen molar-refractivity contribution >= 4 is 0 Å². The van der Waals surface area contributed by atoms with E-state index in [2.05, 4.69) is 11.8 Å². The van der Waals surface area contributed by atoms with E-state index in [1.165, 1.54) is 38.8 Å². The highest BCUT2D eigenvalue weighted by molar-refractivity contribution is 4.83. The van der Waals surface area contributed by atoms with Crippen LogP contribution in [0, 0.1) is 11.8 Å². The summed E-state index contributed by atoms with van der Waals surface area (Å²) >= 11 is 0. The molecule has 2 saturated carbocycles. The van der Waals surface area contributed by atoms with Gasteiger partial charge in [-0.3, -0.25) is 0 Å². The number of hydrogen-bond acceptors (Lipinski definition) is 2. The highest BCUT2D eigenvalue weighted by Crippen LogP contribution is 2.33. The lowest BCUT2D eigenvalue weighted by Crippen LogP contribution is -2.39. The predicted molar refractivity (Wildman–Crippen MR) is 60.2 cm³/mol. The van der Waals surface area contributed by atoms with E-state index < -0.39 is 0 Å². The monoisotopic (exact) mass is 196 g/mol. The van der Waals surface area contributed by atoms with Gasteiger partial charge in [0.05, 0.1) is 0 Å². The van der Waals surface area contributed by atoms with Crippen LogP contribution >= 0.6 is 0 Å². The second-order valence-electron chi connectivity index (χ2n) is 5.27. The van der Waals surface area contributed by atoms with Crippen LogP contribution in [0.1, 0.15) is 39.0 Å². The maximum atomic E-state index is 6.02. The highest BCUT2D eigenvalue weighted by atomic mass is 15.1.